The minimum atomic E-state index is -0.0777. The number of hydrogen-bond acceptors (Lipinski definition) is 4. The maximum atomic E-state index is 12.7. The van der Waals surface area contributed by atoms with Gasteiger partial charge in [0.2, 0.25) is 0 Å². The summed E-state index contributed by atoms with van der Waals surface area (Å²) in [5, 5.41) is 0. The Morgan fingerprint density at radius 3 is 2.52 bits per heavy atom. The Kier molecular flexibility index (Phi) is 4.03. The van der Waals surface area contributed by atoms with Gasteiger partial charge in [-0.05, 0) is 55.7 Å². The number of nitrogens with zero attached hydrogens (tertiary/aromatic N) is 1. The molecule has 2 heterocycles. The fourth-order valence-electron chi connectivity index (χ4n) is 3.11. The number of ether oxygens (including phenoxy) is 2. The third-order valence-electron chi connectivity index (χ3n) is 4.40. The van der Waals surface area contributed by atoms with E-state index >= 15 is 0 Å². The fourth-order valence-corrected chi connectivity index (χ4v) is 3.11. The summed E-state index contributed by atoms with van der Waals surface area (Å²) >= 11 is 0. The highest BCUT2D eigenvalue weighted by atomic mass is 16.5. The summed E-state index contributed by atoms with van der Waals surface area (Å²) in [5.74, 6) is 2.45. The number of carbonyl (C=O) groups is 1. The molecule has 0 saturated carbocycles. The van der Waals surface area contributed by atoms with Gasteiger partial charge in [-0.2, -0.15) is 0 Å². The lowest BCUT2D eigenvalue weighted by Gasteiger charge is -2.35. The molecule has 1 amide bonds. The first-order chi connectivity index (χ1) is 11.0. The van der Waals surface area contributed by atoms with Crippen LogP contribution < -0.4 is 9.47 Å². The number of methoxy groups -OCH3 is 2. The molecule has 1 aromatic heterocycles. The van der Waals surface area contributed by atoms with Crippen molar-refractivity contribution in [1.29, 1.82) is 0 Å². The van der Waals surface area contributed by atoms with E-state index in [0.29, 0.717) is 18.1 Å². The zero-order chi connectivity index (χ0) is 16.6. The van der Waals surface area contributed by atoms with Crippen LogP contribution in [0.4, 0.5) is 0 Å². The minimum Gasteiger partial charge on any atom is -0.493 e. The average molecular weight is 315 g/mol. The Labute approximate surface area is 135 Å². The first-order valence-electron chi connectivity index (χ1n) is 7.67. The largest absolute Gasteiger partial charge is 0.493 e. The maximum absolute atomic E-state index is 12.7. The van der Waals surface area contributed by atoms with Crippen LogP contribution in [-0.2, 0) is 6.42 Å². The molecule has 5 nitrogen and oxygen atoms in total. The number of hydrogen-bond donors (Lipinski definition) is 0. The number of fused-ring (bicyclic) bond motifs is 1. The second-order valence-electron chi connectivity index (χ2n) is 5.74. The zero-order valence-electron chi connectivity index (χ0n) is 13.9. The van der Waals surface area contributed by atoms with Crippen molar-refractivity contribution >= 4 is 5.91 Å². The summed E-state index contributed by atoms with van der Waals surface area (Å²) in [5.41, 5.74) is 2.28. The van der Waals surface area contributed by atoms with Crippen molar-refractivity contribution in [2.75, 3.05) is 20.8 Å². The van der Waals surface area contributed by atoms with Crippen LogP contribution in [0.1, 0.15) is 40.4 Å². The van der Waals surface area contributed by atoms with Gasteiger partial charge in [0.1, 0.15) is 5.76 Å². The van der Waals surface area contributed by atoms with E-state index in [4.69, 9.17) is 13.9 Å². The van der Waals surface area contributed by atoms with Crippen LogP contribution in [0.2, 0.25) is 0 Å². The highest BCUT2D eigenvalue weighted by Crippen LogP contribution is 2.38. The van der Waals surface area contributed by atoms with Crippen molar-refractivity contribution < 1.29 is 18.7 Å². The van der Waals surface area contributed by atoms with Crippen molar-refractivity contribution in [3.63, 3.8) is 0 Å². The van der Waals surface area contributed by atoms with Gasteiger partial charge in [-0.15, -0.1) is 0 Å². The van der Waals surface area contributed by atoms with Crippen LogP contribution >= 0.6 is 0 Å². The number of furan rings is 1. The van der Waals surface area contributed by atoms with Gasteiger partial charge in [0.05, 0.1) is 20.3 Å². The van der Waals surface area contributed by atoms with Crippen LogP contribution in [-0.4, -0.2) is 31.6 Å². The Morgan fingerprint density at radius 2 is 1.91 bits per heavy atom. The monoisotopic (exact) mass is 315 g/mol. The topological polar surface area (TPSA) is 51.9 Å². The van der Waals surface area contributed by atoms with Gasteiger partial charge in [0.25, 0.3) is 5.91 Å². The molecule has 2 aromatic rings. The molecule has 1 aromatic carbocycles. The summed E-state index contributed by atoms with van der Waals surface area (Å²) < 4.78 is 16.2. The van der Waals surface area contributed by atoms with E-state index in [1.54, 1.807) is 20.3 Å². The van der Waals surface area contributed by atoms with Crippen LogP contribution in [0.25, 0.3) is 0 Å². The predicted octanol–water partition coefficient (Wildman–Crippen LogP) is 3.36. The smallest absolute Gasteiger partial charge is 0.290 e. The lowest BCUT2D eigenvalue weighted by Crippen LogP contribution is -2.38. The molecule has 0 N–H and O–H groups in total. The van der Waals surface area contributed by atoms with E-state index in [9.17, 15) is 4.79 Å². The van der Waals surface area contributed by atoms with Crippen LogP contribution in [0.15, 0.2) is 28.7 Å². The van der Waals surface area contributed by atoms with E-state index in [1.807, 2.05) is 36.9 Å². The van der Waals surface area contributed by atoms with Crippen LogP contribution in [0.3, 0.4) is 0 Å². The molecule has 1 atom stereocenters. The molecule has 0 spiro atoms. The Bertz CT molecular complexity index is 735. The standard InChI is InChI=1S/C18H21NO4/c1-11-5-6-15(23-11)18(20)19-8-7-13-9-16(21-3)17(22-4)10-14(13)12(19)2/h5-6,9-10,12H,7-8H2,1-4H3/t12-/m1/s1. The molecule has 0 fully saturated rings. The molecule has 0 saturated heterocycles. The first-order valence-corrected chi connectivity index (χ1v) is 7.67. The van der Waals surface area contributed by atoms with E-state index < -0.39 is 0 Å². The quantitative estimate of drug-likeness (QED) is 0.871. The summed E-state index contributed by atoms with van der Waals surface area (Å²) in [4.78, 5) is 14.5. The molecule has 1 aliphatic rings. The van der Waals surface area contributed by atoms with Crippen molar-refractivity contribution in [3.05, 3.63) is 46.9 Å². The SMILES string of the molecule is COc1cc2c(cc1OC)[C@@H](C)N(C(=O)c1ccc(C)o1)CC2. The number of carbonyl (C=O) groups excluding carboxylic acids is 1. The van der Waals surface area contributed by atoms with Gasteiger partial charge in [0, 0.05) is 6.54 Å². The average Bonchev–Trinajstić information content (AvgIpc) is 3.00. The van der Waals surface area contributed by atoms with Crippen molar-refractivity contribution in [2.45, 2.75) is 26.3 Å². The number of benzene rings is 1. The van der Waals surface area contributed by atoms with Gasteiger partial charge in [0.15, 0.2) is 17.3 Å². The highest BCUT2D eigenvalue weighted by Gasteiger charge is 2.30. The number of amides is 1. The summed E-state index contributed by atoms with van der Waals surface area (Å²) in [6.07, 6.45) is 0.783. The zero-order valence-corrected chi connectivity index (χ0v) is 13.9. The molecule has 122 valence electrons. The Morgan fingerprint density at radius 1 is 1.22 bits per heavy atom. The molecular weight excluding hydrogens is 294 g/mol. The summed E-state index contributed by atoms with van der Waals surface area (Å²) in [6, 6.07) is 7.46. The predicted molar refractivity (Wildman–Crippen MR) is 86.1 cm³/mol. The van der Waals surface area contributed by atoms with Gasteiger partial charge in [-0.1, -0.05) is 0 Å². The lowest BCUT2D eigenvalue weighted by molar-refractivity contribution is 0.0643. The third kappa shape index (κ3) is 2.67. The Balaban J connectivity index is 1.93. The minimum absolute atomic E-state index is 0.0449. The van der Waals surface area contributed by atoms with Gasteiger partial charge in [-0.25, -0.2) is 0 Å². The van der Waals surface area contributed by atoms with Crippen LogP contribution in [0.5, 0.6) is 11.5 Å². The maximum Gasteiger partial charge on any atom is 0.290 e. The molecule has 23 heavy (non-hydrogen) atoms. The van der Waals surface area contributed by atoms with E-state index in [1.165, 1.54) is 5.56 Å². The molecule has 0 aliphatic carbocycles. The van der Waals surface area contributed by atoms with Crippen molar-refractivity contribution in [2.24, 2.45) is 0 Å². The van der Waals surface area contributed by atoms with Crippen LogP contribution in [0, 0.1) is 6.92 Å². The molecule has 0 unspecified atom stereocenters. The summed E-state index contributed by atoms with van der Waals surface area (Å²) in [6.45, 7) is 4.52. The second-order valence-corrected chi connectivity index (χ2v) is 5.74. The van der Waals surface area contributed by atoms with Gasteiger partial charge >= 0.3 is 0 Å². The molecule has 1 aliphatic heterocycles. The fraction of sp³-hybridized carbons (Fsp3) is 0.389. The molecule has 0 radical (unpaired) electrons. The first kappa shape index (κ1) is 15.5. The van der Waals surface area contributed by atoms with E-state index in [2.05, 4.69) is 0 Å². The lowest BCUT2D eigenvalue weighted by atomic mass is 9.92. The van der Waals surface area contributed by atoms with Gasteiger partial charge in [-0.3, -0.25) is 4.79 Å². The Hall–Kier alpha value is -2.43. The third-order valence-corrected chi connectivity index (χ3v) is 4.40. The molecule has 5 heteroatoms. The molecule has 0 bridgehead atoms. The highest BCUT2D eigenvalue weighted by molar-refractivity contribution is 5.92. The van der Waals surface area contributed by atoms with E-state index in [0.717, 1.165) is 23.5 Å². The molecular formula is C18H21NO4. The van der Waals surface area contributed by atoms with Gasteiger partial charge < -0.3 is 18.8 Å². The normalized spacial score (nSPS) is 16.9. The molecule has 3 rings (SSSR count). The van der Waals surface area contributed by atoms with Crippen molar-refractivity contribution in [3.8, 4) is 11.5 Å². The number of rotatable bonds is 3. The number of aryl methyl sites for hydroxylation is 1. The van der Waals surface area contributed by atoms with E-state index in [-0.39, 0.29) is 11.9 Å². The second kappa shape index (κ2) is 5.99. The van der Waals surface area contributed by atoms with Crippen molar-refractivity contribution in [1.82, 2.24) is 4.90 Å². The summed E-state index contributed by atoms with van der Waals surface area (Å²) in [7, 11) is 3.25.